The quantitative estimate of drug-likeness (QED) is 0.465. The van der Waals surface area contributed by atoms with Crippen LogP contribution in [-0.4, -0.2) is 4.98 Å². The Balaban J connectivity index is 1.46. The second kappa shape index (κ2) is 7.31. The summed E-state index contributed by atoms with van der Waals surface area (Å²) in [7, 11) is 0. The molecule has 0 radical (unpaired) electrons. The Bertz CT molecular complexity index is 973. The molecule has 0 aliphatic rings. The number of nitrogens with zero attached hydrogens (tertiary/aromatic N) is 1. The van der Waals surface area contributed by atoms with Gasteiger partial charge in [-0.2, -0.15) is 0 Å². The first-order valence-corrected chi connectivity index (χ1v) is 8.83. The molecule has 1 heteroatoms. The van der Waals surface area contributed by atoms with Crippen molar-refractivity contribution in [1.82, 2.24) is 4.98 Å². The first-order chi connectivity index (χ1) is 12.4. The molecule has 0 aliphatic carbocycles. The number of pyridine rings is 1. The van der Waals surface area contributed by atoms with Crippen LogP contribution in [0, 0.1) is 0 Å². The molecule has 4 rings (SSSR count). The van der Waals surface area contributed by atoms with Crippen molar-refractivity contribution in [1.29, 1.82) is 0 Å². The summed E-state index contributed by atoms with van der Waals surface area (Å²) in [5.74, 6) is 0. The highest BCUT2D eigenvalue weighted by atomic mass is 14.7. The molecule has 1 nitrogen and oxygen atoms in total. The van der Waals surface area contributed by atoms with Crippen molar-refractivity contribution in [3.8, 4) is 0 Å². The van der Waals surface area contributed by atoms with Gasteiger partial charge in [-0.05, 0) is 48.1 Å². The number of rotatable bonds is 5. The van der Waals surface area contributed by atoms with Crippen LogP contribution in [0.3, 0.4) is 0 Å². The van der Waals surface area contributed by atoms with E-state index in [9.17, 15) is 0 Å². The van der Waals surface area contributed by atoms with Crippen molar-refractivity contribution in [2.45, 2.75) is 19.3 Å². The van der Waals surface area contributed by atoms with Crippen LogP contribution in [-0.2, 0) is 19.3 Å². The van der Waals surface area contributed by atoms with E-state index in [0.29, 0.717) is 0 Å². The third-order valence-corrected chi connectivity index (χ3v) is 4.57. The van der Waals surface area contributed by atoms with Crippen molar-refractivity contribution in [2.75, 3.05) is 0 Å². The topological polar surface area (TPSA) is 12.9 Å². The fourth-order valence-electron chi connectivity index (χ4n) is 3.25. The predicted octanol–water partition coefficient (Wildman–Crippen LogP) is 5.61. The fourth-order valence-corrected chi connectivity index (χ4v) is 3.25. The summed E-state index contributed by atoms with van der Waals surface area (Å²) >= 11 is 0. The maximum atomic E-state index is 4.78. The lowest BCUT2D eigenvalue weighted by molar-refractivity contribution is 0.919. The Kier molecular flexibility index (Phi) is 4.56. The molecule has 1 heterocycles. The highest BCUT2D eigenvalue weighted by Crippen LogP contribution is 2.15. The highest BCUT2D eigenvalue weighted by molar-refractivity contribution is 5.78. The zero-order valence-electron chi connectivity index (χ0n) is 14.2. The third-order valence-electron chi connectivity index (χ3n) is 4.57. The zero-order valence-corrected chi connectivity index (χ0v) is 14.2. The molecule has 0 fully saturated rings. The van der Waals surface area contributed by atoms with Gasteiger partial charge in [-0.1, -0.05) is 78.9 Å². The van der Waals surface area contributed by atoms with Crippen molar-refractivity contribution < 1.29 is 0 Å². The summed E-state index contributed by atoms with van der Waals surface area (Å²) < 4.78 is 0. The molecule has 1 aromatic heterocycles. The van der Waals surface area contributed by atoms with Gasteiger partial charge < -0.3 is 0 Å². The Morgan fingerprint density at radius 3 is 2.24 bits per heavy atom. The van der Waals surface area contributed by atoms with Gasteiger partial charge in [-0.25, -0.2) is 0 Å². The molecule has 0 spiro atoms. The average Bonchev–Trinajstić information content (AvgIpc) is 2.67. The van der Waals surface area contributed by atoms with E-state index in [0.717, 1.165) is 30.5 Å². The summed E-state index contributed by atoms with van der Waals surface area (Å²) in [6.45, 7) is 0. The Labute approximate surface area is 149 Å². The van der Waals surface area contributed by atoms with E-state index in [2.05, 4.69) is 84.9 Å². The standard InChI is InChI=1S/C24H21N/c1-2-7-19(8-3-1)17-21-10-6-9-20(18-21)13-15-23-16-14-22-11-4-5-12-24(22)25-23/h1-12,14,16,18H,13,15,17H2. The van der Waals surface area contributed by atoms with Crippen LogP contribution in [0.25, 0.3) is 10.9 Å². The van der Waals surface area contributed by atoms with Crippen LogP contribution in [0.1, 0.15) is 22.4 Å². The second-order valence-corrected chi connectivity index (χ2v) is 6.48. The van der Waals surface area contributed by atoms with Crippen molar-refractivity contribution in [3.63, 3.8) is 0 Å². The van der Waals surface area contributed by atoms with Crippen LogP contribution >= 0.6 is 0 Å². The molecular formula is C24H21N. The normalized spacial score (nSPS) is 10.9. The minimum absolute atomic E-state index is 0.972. The Hall–Kier alpha value is -2.93. The first-order valence-electron chi connectivity index (χ1n) is 8.83. The molecular weight excluding hydrogens is 302 g/mol. The number of hydrogen-bond donors (Lipinski definition) is 0. The molecule has 0 saturated heterocycles. The molecule has 0 N–H and O–H groups in total. The van der Waals surface area contributed by atoms with Crippen molar-refractivity contribution in [2.24, 2.45) is 0 Å². The van der Waals surface area contributed by atoms with E-state index < -0.39 is 0 Å². The van der Waals surface area contributed by atoms with Gasteiger partial charge in [0.2, 0.25) is 0 Å². The number of aryl methyl sites for hydroxylation is 2. The number of fused-ring (bicyclic) bond motifs is 1. The van der Waals surface area contributed by atoms with Gasteiger partial charge in [-0.3, -0.25) is 4.98 Å². The number of para-hydroxylation sites is 1. The summed E-state index contributed by atoms with van der Waals surface area (Å²) in [6, 6.07) is 32.2. The van der Waals surface area contributed by atoms with Crippen molar-refractivity contribution >= 4 is 10.9 Å². The molecule has 0 amide bonds. The predicted molar refractivity (Wildman–Crippen MR) is 105 cm³/mol. The third kappa shape index (κ3) is 3.95. The maximum Gasteiger partial charge on any atom is 0.0705 e. The van der Waals surface area contributed by atoms with Gasteiger partial charge in [0.15, 0.2) is 0 Å². The minimum Gasteiger partial charge on any atom is -0.253 e. The van der Waals surface area contributed by atoms with Crippen molar-refractivity contribution in [3.05, 3.63) is 113 Å². The van der Waals surface area contributed by atoms with Crippen LogP contribution in [0.5, 0.6) is 0 Å². The zero-order chi connectivity index (χ0) is 16.9. The van der Waals surface area contributed by atoms with E-state index in [1.165, 1.54) is 22.1 Å². The van der Waals surface area contributed by atoms with Crippen LogP contribution in [0.4, 0.5) is 0 Å². The van der Waals surface area contributed by atoms with E-state index in [1.54, 1.807) is 0 Å². The largest absolute Gasteiger partial charge is 0.253 e. The minimum atomic E-state index is 0.972. The smallest absolute Gasteiger partial charge is 0.0705 e. The Morgan fingerprint density at radius 2 is 1.32 bits per heavy atom. The summed E-state index contributed by atoms with van der Waals surface area (Å²) in [5, 5.41) is 1.20. The molecule has 0 bridgehead atoms. The summed E-state index contributed by atoms with van der Waals surface area (Å²) in [4.78, 5) is 4.78. The second-order valence-electron chi connectivity index (χ2n) is 6.48. The monoisotopic (exact) mass is 323 g/mol. The lowest BCUT2D eigenvalue weighted by Gasteiger charge is -2.07. The Morgan fingerprint density at radius 1 is 0.560 bits per heavy atom. The van der Waals surface area contributed by atoms with Gasteiger partial charge >= 0.3 is 0 Å². The van der Waals surface area contributed by atoms with Gasteiger partial charge in [0.25, 0.3) is 0 Å². The van der Waals surface area contributed by atoms with Gasteiger partial charge in [0.05, 0.1) is 5.52 Å². The van der Waals surface area contributed by atoms with Gasteiger partial charge in [-0.15, -0.1) is 0 Å². The molecule has 0 atom stereocenters. The summed E-state index contributed by atoms with van der Waals surface area (Å²) in [6.07, 6.45) is 2.98. The molecule has 0 unspecified atom stereocenters. The van der Waals surface area contributed by atoms with E-state index in [1.807, 2.05) is 6.07 Å². The van der Waals surface area contributed by atoms with Crippen LogP contribution in [0.15, 0.2) is 91.0 Å². The first kappa shape index (κ1) is 15.6. The van der Waals surface area contributed by atoms with E-state index in [4.69, 9.17) is 4.98 Å². The maximum absolute atomic E-state index is 4.78. The number of aromatic nitrogens is 1. The van der Waals surface area contributed by atoms with E-state index in [-0.39, 0.29) is 0 Å². The number of hydrogen-bond acceptors (Lipinski definition) is 1. The molecule has 0 aliphatic heterocycles. The van der Waals surface area contributed by atoms with E-state index >= 15 is 0 Å². The highest BCUT2D eigenvalue weighted by Gasteiger charge is 2.02. The molecule has 25 heavy (non-hydrogen) atoms. The molecule has 3 aromatic carbocycles. The fraction of sp³-hybridized carbons (Fsp3) is 0.125. The molecule has 0 saturated carbocycles. The SMILES string of the molecule is c1ccc(Cc2cccc(CCc3ccc4ccccc4n3)c2)cc1. The lowest BCUT2D eigenvalue weighted by atomic mass is 10.0. The molecule has 122 valence electrons. The summed E-state index contributed by atoms with van der Waals surface area (Å²) in [5.41, 5.74) is 6.35. The van der Waals surface area contributed by atoms with Gasteiger partial charge in [0, 0.05) is 11.1 Å². The van der Waals surface area contributed by atoms with Crippen LogP contribution in [0.2, 0.25) is 0 Å². The average molecular weight is 323 g/mol. The molecule has 4 aromatic rings. The lowest BCUT2D eigenvalue weighted by Crippen LogP contribution is -1.96. The number of benzene rings is 3. The van der Waals surface area contributed by atoms with Gasteiger partial charge in [0.1, 0.15) is 0 Å². The van der Waals surface area contributed by atoms with Crippen LogP contribution < -0.4 is 0 Å².